The minimum Gasteiger partial charge on any atom is -0.406 e. The molecule has 0 aliphatic carbocycles. The maximum Gasteiger partial charge on any atom is 0.573 e. The molecule has 3 nitrogen and oxygen atoms in total. The maximum absolute atomic E-state index is 12.1. The van der Waals surface area contributed by atoms with Crippen LogP contribution in [-0.4, -0.2) is 26.0 Å². The van der Waals surface area contributed by atoms with Gasteiger partial charge in [0.2, 0.25) is 0 Å². The van der Waals surface area contributed by atoms with Crippen molar-refractivity contribution in [3.63, 3.8) is 0 Å². The number of halogens is 4. The zero-order valence-corrected chi connectivity index (χ0v) is 10.3. The molecule has 0 saturated carbocycles. The summed E-state index contributed by atoms with van der Waals surface area (Å²) in [7, 11) is 0. The summed E-state index contributed by atoms with van der Waals surface area (Å²) < 4.78 is 40.1. The summed E-state index contributed by atoms with van der Waals surface area (Å²) in [5.41, 5.74) is 0.791. The Bertz CT molecular complexity index is 381. The summed E-state index contributed by atoms with van der Waals surface area (Å²) in [6.07, 6.45) is -4.64. The molecule has 2 rings (SSSR count). The lowest BCUT2D eigenvalue weighted by atomic mass is 10.1. The second-order valence-corrected chi connectivity index (χ2v) is 3.83. The Kier molecular flexibility index (Phi) is 5.25. The van der Waals surface area contributed by atoms with E-state index in [1.165, 1.54) is 12.1 Å². The van der Waals surface area contributed by atoms with Crippen LogP contribution >= 0.6 is 12.4 Å². The monoisotopic (exact) mass is 282 g/mol. The van der Waals surface area contributed by atoms with Crippen LogP contribution < -0.4 is 15.4 Å². The van der Waals surface area contributed by atoms with Gasteiger partial charge in [0.1, 0.15) is 5.75 Å². The number of alkyl halides is 3. The number of hydrogen-bond acceptors (Lipinski definition) is 3. The van der Waals surface area contributed by atoms with Gasteiger partial charge in [0.15, 0.2) is 0 Å². The van der Waals surface area contributed by atoms with E-state index in [9.17, 15) is 13.2 Å². The first-order valence-electron chi connectivity index (χ1n) is 5.34. The van der Waals surface area contributed by atoms with Crippen LogP contribution in [0.2, 0.25) is 0 Å². The topological polar surface area (TPSA) is 33.3 Å². The van der Waals surface area contributed by atoms with E-state index in [0.29, 0.717) is 6.54 Å². The van der Waals surface area contributed by atoms with E-state index in [-0.39, 0.29) is 24.2 Å². The summed E-state index contributed by atoms with van der Waals surface area (Å²) in [4.78, 5) is 0. The molecule has 0 spiro atoms. The predicted octanol–water partition coefficient (Wildman–Crippen LogP) is 2.24. The van der Waals surface area contributed by atoms with Crippen LogP contribution in [0.4, 0.5) is 13.2 Å². The van der Waals surface area contributed by atoms with E-state index in [1.54, 1.807) is 12.1 Å². The van der Waals surface area contributed by atoms with Crippen molar-refractivity contribution >= 4 is 12.4 Å². The lowest BCUT2D eigenvalue weighted by Crippen LogP contribution is -2.42. The number of rotatable bonds is 2. The summed E-state index contributed by atoms with van der Waals surface area (Å²) in [5, 5.41) is 6.40. The van der Waals surface area contributed by atoms with Crippen molar-refractivity contribution in [1.29, 1.82) is 0 Å². The minimum atomic E-state index is -4.64. The third-order valence-electron chi connectivity index (χ3n) is 2.54. The average molecular weight is 283 g/mol. The van der Waals surface area contributed by atoms with Crippen LogP contribution in [0.3, 0.4) is 0 Å². The highest BCUT2D eigenvalue weighted by molar-refractivity contribution is 5.85. The summed E-state index contributed by atoms with van der Waals surface area (Å²) in [6.45, 7) is 2.37. The minimum absolute atomic E-state index is 0. The van der Waals surface area contributed by atoms with Crippen molar-refractivity contribution in [1.82, 2.24) is 10.6 Å². The van der Waals surface area contributed by atoms with Gasteiger partial charge in [-0.1, -0.05) is 12.1 Å². The number of nitrogens with one attached hydrogen (secondary N) is 2. The molecule has 1 aliphatic heterocycles. The highest BCUT2D eigenvalue weighted by atomic mass is 35.5. The molecule has 1 aromatic carbocycles. The van der Waals surface area contributed by atoms with E-state index in [0.717, 1.165) is 18.7 Å². The van der Waals surface area contributed by atoms with Crippen molar-refractivity contribution in [2.75, 3.05) is 19.6 Å². The molecule has 0 amide bonds. The largest absolute Gasteiger partial charge is 0.573 e. The molecule has 2 N–H and O–H groups in total. The second-order valence-electron chi connectivity index (χ2n) is 3.83. The molecular formula is C11H14ClF3N2O. The van der Waals surface area contributed by atoms with Crippen LogP contribution in [0.5, 0.6) is 5.75 Å². The maximum atomic E-state index is 12.1. The molecule has 1 saturated heterocycles. The quantitative estimate of drug-likeness (QED) is 0.873. The van der Waals surface area contributed by atoms with Crippen LogP contribution in [0.15, 0.2) is 24.3 Å². The summed E-state index contributed by atoms with van der Waals surface area (Å²) in [6, 6.07) is 6.09. The van der Waals surface area contributed by atoms with Gasteiger partial charge in [-0.3, -0.25) is 0 Å². The van der Waals surface area contributed by atoms with Gasteiger partial charge in [0, 0.05) is 25.7 Å². The molecule has 7 heteroatoms. The molecule has 0 unspecified atom stereocenters. The van der Waals surface area contributed by atoms with E-state index < -0.39 is 6.36 Å². The molecule has 18 heavy (non-hydrogen) atoms. The number of hydrogen-bond donors (Lipinski definition) is 2. The van der Waals surface area contributed by atoms with Gasteiger partial charge in [0.05, 0.1) is 0 Å². The van der Waals surface area contributed by atoms with Gasteiger partial charge in [-0.15, -0.1) is 25.6 Å². The molecule has 1 fully saturated rings. The average Bonchev–Trinajstić information content (AvgIpc) is 2.28. The van der Waals surface area contributed by atoms with E-state index in [1.807, 2.05) is 0 Å². The fourth-order valence-electron chi connectivity index (χ4n) is 1.82. The Morgan fingerprint density at radius 2 is 2.00 bits per heavy atom. The van der Waals surface area contributed by atoms with Crippen molar-refractivity contribution < 1.29 is 17.9 Å². The van der Waals surface area contributed by atoms with Gasteiger partial charge in [-0.25, -0.2) is 0 Å². The molecule has 1 heterocycles. The Labute approximate surface area is 109 Å². The molecule has 1 aliphatic rings. The van der Waals surface area contributed by atoms with Crippen LogP contribution in [-0.2, 0) is 0 Å². The lowest BCUT2D eigenvalue weighted by molar-refractivity contribution is -0.274. The molecular weight excluding hydrogens is 269 g/mol. The second kappa shape index (κ2) is 6.26. The first-order chi connectivity index (χ1) is 8.04. The zero-order chi connectivity index (χ0) is 12.3. The molecule has 0 aromatic heterocycles. The summed E-state index contributed by atoms with van der Waals surface area (Å²) in [5.74, 6) is -0.178. The number of benzene rings is 1. The van der Waals surface area contributed by atoms with Gasteiger partial charge in [-0.05, 0) is 17.7 Å². The van der Waals surface area contributed by atoms with Crippen LogP contribution in [0, 0.1) is 0 Å². The molecule has 1 aromatic rings. The highest BCUT2D eigenvalue weighted by Crippen LogP contribution is 2.25. The van der Waals surface area contributed by atoms with E-state index in [4.69, 9.17) is 0 Å². The van der Waals surface area contributed by atoms with Crippen molar-refractivity contribution in [3.05, 3.63) is 29.8 Å². The van der Waals surface area contributed by atoms with Gasteiger partial charge < -0.3 is 15.4 Å². The highest BCUT2D eigenvalue weighted by Gasteiger charge is 2.31. The summed E-state index contributed by atoms with van der Waals surface area (Å²) >= 11 is 0. The SMILES string of the molecule is Cl.FC(F)(F)Oc1cccc([C@H]2CNCCN2)c1. The predicted molar refractivity (Wildman–Crippen MR) is 64.0 cm³/mol. The number of ether oxygens (including phenoxy) is 1. The van der Waals surface area contributed by atoms with Crippen LogP contribution in [0.25, 0.3) is 0 Å². The van der Waals surface area contributed by atoms with Gasteiger partial charge in [0.25, 0.3) is 0 Å². The van der Waals surface area contributed by atoms with Crippen molar-refractivity contribution in [2.45, 2.75) is 12.4 Å². The smallest absolute Gasteiger partial charge is 0.406 e. The molecule has 102 valence electrons. The Hall–Kier alpha value is -0.980. The third kappa shape index (κ3) is 4.36. The lowest BCUT2D eigenvalue weighted by Gasteiger charge is -2.25. The number of piperazine rings is 1. The van der Waals surface area contributed by atoms with E-state index in [2.05, 4.69) is 15.4 Å². The zero-order valence-electron chi connectivity index (χ0n) is 9.46. The van der Waals surface area contributed by atoms with Crippen molar-refractivity contribution in [2.24, 2.45) is 0 Å². The van der Waals surface area contributed by atoms with Crippen LogP contribution in [0.1, 0.15) is 11.6 Å². The Morgan fingerprint density at radius 1 is 1.22 bits per heavy atom. The normalized spacial score (nSPS) is 20.1. The van der Waals surface area contributed by atoms with Crippen molar-refractivity contribution in [3.8, 4) is 5.75 Å². The van der Waals surface area contributed by atoms with E-state index >= 15 is 0 Å². The standard InChI is InChI=1S/C11H13F3N2O.ClH/c12-11(13,14)17-9-3-1-2-8(6-9)10-7-15-4-5-16-10;/h1-3,6,10,15-16H,4-5,7H2;1H/t10-;/m1./s1. The van der Waals surface area contributed by atoms with Gasteiger partial charge >= 0.3 is 6.36 Å². The first-order valence-corrected chi connectivity index (χ1v) is 5.34. The third-order valence-corrected chi connectivity index (χ3v) is 2.54. The molecule has 0 radical (unpaired) electrons. The fourth-order valence-corrected chi connectivity index (χ4v) is 1.82. The fraction of sp³-hybridized carbons (Fsp3) is 0.455. The Balaban J connectivity index is 0.00000162. The molecule has 0 bridgehead atoms. The first kappa shape index (κ1) is 15.1. The van der Waals surface area contributed by atoms with Gasteiger partial charge in [-0.2, -0.15) is 0 Å². The Morgan fingerprint density at radius 3 is 2.61 bits per heavy atom. The molecule has 1 atom stereocenters.